The maximum absolute atomic E-state index is 12.0. The summed E-state index contributed by atoms with van der Waals surface area (Å²) in [7, 11) is 0. The molecule has 0 unspecified atom stereocenters. The Kier molecular flexibility index (Phi) is 4.54. The number of rotatable bonds is 3. The van der Waals surface area contributed by atoms with Gasteiger partial charge in [-0.1, -0.05) is 30.3 Å². The summed E-state index contributed by atoms with van der Waals surface area (Å²) in [4.78, 5) is 18.7. The molecule has 1 atom stereocenters. The summed E-state index contributed by atoms with van der Waals surface area (Å²) < 4.78 is 2.48. The van der Waals surface area contributed by atoms with Crippen LogP contribution in [0.1, 0.15) is 55.6 Å². The minimum absolute atomic E-state index is 0.00955. The van der Waals surface area contributed by atoms with Gasteiger partial charge in [0, 0.05) is 30.6 Å². The van der Waals surface area contributed by atoms with E-state index >= 15 is 0 Å². The molecule has 1 saturated heterocycles. The van der Waals surface area contributed by atoms with Gasteiger partial charge in [-0.3, -0.25) is 4.90 Å². The predicted molar refractivity (Wildman–Crippen MR) is 125 cm³/mol. The Morgan fingerprint density at radius 1 is 1.22 bits per heavy atom. The fourth-order valence-electron chi connectivity index (χ4n) is 6.31. The second kappa shape index (κ2) is 7.34. The quantitative estimate of drug-likeness (QED) is 0.628. The number of carboxylic acid groups (broad SMARTS) is 1. The molecule has 1 saturated carbocycles. The van der Waals surface area contributed by atoms with Gasteiger partial charge in [-0.05, 0) is 68.7 Å². The molecule has 166 valence electrons. The van der Waals surface area contributed by atoms with E-state index in [4.69, 9.17) is 4.98 Å². The zero-order valence-electron chi connectivity index (χ0n) is 18.6. The van der Waals surface area contributed by atoms with E-state index in [1.54, 1.807) is 0 Å². The second-order valence-corrected chi connectivity index (χ2v) is 10.0. The summed E-state index contributed by atoms with van der Waals surface area (Å²) in [5, 5.41) is 13.4. The number of imidazole rings is 1. The first-order valence-corrected chi connectivity index (χ1v) is 11.8. The number of hydrogen-bond acceptors (Lipinski definition) is 3. The molecule has 2 fully saturated rings. The third-order valence-corrected chi connectivity index (χ3v) is 7.97. The molecule has 2 N–H and O–H groups in total. The molecule has 3 heterocycles. The fourth-order valence-corrected chi connectivity index (χ4v) is 6.31. The molecule has 1 aromatic heterocycles. The minimum atomic E-state index is -0.878. The molecule has 1 spiro atoms. The van der Waals surface area contributed by atoms with E-state index in [0.717, 1.165) is 54.9 Å². The van der Waals surface area contributed by atoms with E-state index < -0.39 is 6.09 Å². The van der Waals surface area contributed by atoms with Gasteiger partial charge >= 0.3 is 6.09 Å². The number of carbonyl (C=O) groups is 1. The standard InChI is InChI=1S/C26H30N4O2/c1-17-7-8-20-21(29(17)25(31)32)9-10-22-24(20)28-23(13-18-5-3-2-4-6-18)30(22)19-14-26(15-19)11-12-27-16-26/h2-6,9-10,17,19,27H,7-8,11-16H2,1H3,(H,31,32)/t17-,19-,26-/m0/s1. The third kappa shape index (κ3) is 3.04. The van der Waals surface area contributed by atoms with Gasteiger partial charge in [0.1, 0.15) is 5.82 Å². The molecule has 2 aliphatic heterocycles. The minimum Gasteiger partial charge on any atom is -0.465 e. The summed E-state index contributed by atoms with van der Waals surface area (Å²) in [6.45, 7) is 4.25. The monoisotopic (exact) mass is 430 g/mol. The van der Waals surface area contributed by atoms with Crippen molar-refractivity contribution in [3.8, 4) is 0 Å². The van der Waals surface area contributed by atoms with Crippen LogP contribution >= 0.6 is 0 Å². The summed E-state index contributed by atoms with van der Waals surface area (Å²) in [6.07, 6.45) is 5.29. The van der Waals surface area contributed by atoms with Crippen LogP contribution in [0, 0.1) is 5.41 Å². The highest BCUT2D eigenvalue weighted by molar-refractivity contribution is 5.94. The molecule has 6 nitrogen and oxygen atoms in total. The predicted octanol–water partition coefficient (Wildman–Crippen LogP) is 4.76. The number of amides is 1. The smallest absolute Gasteiger partial charge is 0.412 e. The van der Waals surface area contributed by atoms with E-state index in [9.17, 15) is 9.90 Å². The van der Waals surface area contributed by atoms with Crippen LogP contribution in [0.15, 0.2) is 42.5 Å². The van der Waals surface area contributed by atoms with Crippen LogP contribution in [0.25, 0.3) is 11.0 Å². The van der Waals surface area contributed by atoms with E-state index in [-0.39, 0.29) is 6.04 Å². The summed E-state index contributed by atoms with van der Waals surface area (Å²) >= 11 is 0. The van der Waals surface area contributed by atoms with Crippen LogP contribution < -0.4 is 10.2 Å². The van der Waals surface area contributed by atoms with Gasteiger partial charge in [-0.15, -0.1) is 0 Å². The number of nitrogens with one attached hydrogen (secondary N) is 1. The highest BCUT2D eigenvalue weighted by atomic mass is 16.4. The number of nitrogens with zero attached hydrogens (tertiary/aromatic N) is 3. The zero-order chi connectivity index (χ0) is 21.9. The third-order valence-electron chi connectivity index (χ3n) is 7.97. The fraction of sp³-hybridized carbons (Fsp3) is 0.462. The number of anilines is 1. The Hall–Kier alpha value is -2.86. The van der Waals surface area contributed by atoms with Crippen LogP contribution in [0.5, 0.6) is 0 Å². The largest absolute Gasteiger partial charge is 0.465 e. The SMILES string of the molecule is C[C@H]1CCc2c(ccc3c2nc(Cc2ccccc2)n3[C@H]2C[C@@]3(CCNC3)C2)N1C(=O)O. The summed E-state index contributed by atoms with van der Waals surface area (Å²) in [5.41, 5.74) is 5.78. The van der Waals surface area contributed by atoms with Crippen molar-refractivity contribution in [2.45, 2.75) is 57.5 Å². The van der Waals surface area contributed by atoms with Crippen LogP contribution in [0.3, 0.4) is 0 Å². The summed E-state index contributed by atoms with van der Waals surface area (Å²) in [6, 6.07) is 15.1. The molecular weight excluding hydrogens is 400 g/mol. The highest BCUT2D eigenvalue weighted by Gasteiger charge is 2.47. The van der Waals surface area contributed by atoms with E-state index in [1.165, 1.54) is 35.2 Å². The Bertz CT molecular complexity index is 1170. The van der Waals surface area contributed by atoms with Gasteiger partial charge in [-0.2, -0.15) is 0 Å². The highest BCUT2D eigenvalue weighted by Crippen LogP contribution is 2.53. The van der Waals surface area contributed by atoms with Crippen molar-refractivity contribution in [2.24, 2.45) is 5.41 Å². The molecule has 0 bridgehead atoms. The molecule has 1 amide bonds. The topological polar surface area (TPSA) is 70.4 Å². The van der Waals surface area contributed by atoms with Gasteiger partial charge in [0.15, 0.2) is 0 Å². The average Bonchev–Trinajstić information content (AvgIpc) is 3.38. The maximum atomic E-state index is 12.0. The molecule has 6 heteroatoms. The van der Waals surface area contributed by atoms with Crippen molar-refractivity contribution in [2.75, 3.05) is 18.0 Å². The van der Waals surface area contributed by atoms with E-state index in [1.807, 2.05) is 19.1 Å². The number of aromatic nitrogens is 2. The first kappa shape index (κ1) is 19.8. The van der Waals surface area contributed by atoms with Gasteiger partial charge in [0.25, 0.3) is 0 Å². The Balaban J connectivity index is 1.46. The van der Waals surface area contributed by atoms with E-state index in [2.05, 4.69) is 40.2 Å². The average molecular weight is 431 g/mol. The van der Waals surface area contributed by atoms with Crippen molar-refractivity contribution < 1.29 is 9.90 Å². The lowest BCUT2D eigenvalue weighted by Crippen LogP contribution is -2.41. The van der Waals surface area contributed by atoms with Crippen molar-refractivity contribution in [1.29, 1.82) is 0 Å². The molecule has 3 aliphatic rings. The van der Waals surface area contributed by atoms with Crippen molar-refractivity contribution in [1.82, 2.24) is 14.9 Å². The van der Waals surface area contributed by atoms with Crippen LogP contribution in [-0.4, -0.2) is 39.9 Å². The molecule has 0 radical (unpaired) electrons. The second-order valence-electron chi connectivity index (χ2n) is 10.0. The lowest BCUT2D eigenvalue weighted by Gasteiger charge is -2.46. The van der Waals surface area contributed by atoms with Gasteiger partial charge in [0.05, 0.1) is 16.7 Å². The Morgan fingerprint density at radius 3 is 2.75 bits per heavy atom. The van der Waals surface area contributed by atoms with Crippen LogP contribution in [-0.2, 0) is 12.8 Å². The van der Waals surface area contributed by atoms with Crippen molar-refractivity contribution in [3.05, 3.63) is 59.4 Å². The number of benzene rings is 2. The zero-order valence-corrected chi connectivity index (χ0v) is 18.6. The summed E-state index contributed by atoms with van der Waals surface area (Å²) in [5.74, 6) is 1.10. The first-order chi connectivity index (χ1) is 15.5. The lowest BCUT2D eigenvalue weighted by atomic mass is 9.65. The van der Waals surface area contributed by atoms with Crippen molar-refractivity contribution >= 4 is 22.8 Å². The Morgan fingerprint density at radius 2 is 2.03 bits per heavy atom. The molecular formula is C26H30N4O2. The number of aryl methyl sites for hydroxylation is 1. The van der Waals surface area contributed by atoms with Crippen LogP contribution in [0.4, 0.5) is 10.5 Å². The number of hydrogen-bond donors (Lipinski definition) is 2. The normalized spacial score (nSPS) is 27.0. The Labute approximate surface area is 188 Å². The molecule has 2 aromatic carbocycles. The maximum Gasteiger partial charge on any atom is 0.412 e. The van der Waals surface area contributed by atoms with Crippen molar-refractivity contribution in [3.63, 3.8) is 0 Å². The molecule has 1 aliphatic carbocycles. The molecule has 32 heavy (non-hydrogen) atoms. The van der Waals surface area contributed by atoms with Gasteiger partial charge in [-0.25, -0.2) is 9.78 Å². The van der Waals surface area contributed by atoms with Gasteiger partial charge in [0.2, 0.25) is 0 Å². The lowest BCUT2D eigenvalue weighted by molar-refractivity contribution is 0.0849. The van der Waals surface area contributed by atoms with E-state index in [0.29, 0.717) is 11.5 Å². The number of fused-ring (bicyclic) bond motifs is 3. The molecule has 6 rings (SSSR count). The molecule has 3 aromatic rings. The first-order valence-electron chi connectivity index (χ1n) is 11.8. The van der Waals surface area contributed by atoms with Crippen LogP contribution in [0.2, 0.25) is 0 Å². The van der Waals surface area contributed by atoms with Gasteiger partial charge < -0.3 is 15.0 Å².